The highest BCUT2D eigenvalue weighted by Gasteiger charge is 2.55. The van der Waals surface area contributed by atoms with Crippen molar-refractivity contribution < 1.29 is 14.4 Å². The Morgan fingerprint density at radius 1 is 1.11 bits per heavy atom. The van der Waals surface area contributed by atoms with Gasteiger partial charge in [-0.1, -0.05) is 37.3 Å². The average Bonchev–Trinajstić information content (AvgIpc) is 2.89. The molecule has 3 aromatic rings. The Morgan fingerprint density at radius 2 is 1.83 bits per heavy atom. The van der Waals surface area contributed by atoms with Gasteiger partial charge in [0.25, 0.3) is 5.91 Å². The molecule has 1 aliphatic heterocycles. The molecule has 180 valence electrons. The van der Waals surface area contributed by atoms with Crippen molar-refractivity contribution in [3.8, 4) is 0 Å². The zero-order chi connectivity index (χ0) is 24.9. The molecule has 4 amide bonds. The number of imide groups is 1. The van der Waals surface area contributed by atoms with Gasteiger partial charge in [0, 0.05) is 31.3 Å². The number of urea groups is 1. The van der Waals surface area contributed by atoms with Crippen LogP contribution in [-0.4, -0.2) is 45.8 Å². The molecule has 2 unspecified atom stereocenters. The lowest BCUT2D eigenvalue weighted by Crippen LogP contribution is -2.70. The normalized spacial score (nSPS) is 17.9. The number of anilines is 2. The van der Waals surface area contributed by atoms with Crippen LogP contribution in [0, 0.1) is 5.92 Å². The van der Waals surface area contributed by atoms with Gasteiger partial charge in [0.2, 0.25) is 5.91 Å². The van der Waals surface area contributed by atoms with E-state index in [0.717, 1.165) is 16.0 Å². The van der Waals surface area contributed by atoms with Crippen LogP contribution in [0.25, 0.3) is 0 Å². The number of nitrogens with two attached hydrogens (primary N) is 1. The first-order valence-corrected chi connectivity index (χ1v) is 11.5. The number of hydrogen-bond donors (Lipinski definition) is 2. The van der Waals surface area contributed by atoms with Gasteiger partial charge in [-0.05, 0) is 48.2 Å². The Balaban J connectivity index is 1.59. The molecular weight excluding hydrogens is 444 g/mol. The van der Waals surface area contributed by atoms with Crippen LogP contribution >= 0.6 is 0 Å². The molecule has 1 aliphatic rings. The smallest absolute Gasteiger partial charge is 0.325 e. The van der Waals surface area contributed by atoms with Crippen molar-refractivity contribution >= 4 is 29.4 Å². The number of hydrogen-bond acceptors (Lipinski definition) is 6. The van der Waals surface area contributed by atoms with Crippen LogP contribution in [0.2, 0.25) is 0 Å². The van der Waals surface area contributed by atoms with Crippen LogP contribution < -0.4 is 16.0 Å². The molecular formula is C26H28N6O3. The number of β-lactam (4-membered cyclic amide) rings is 1. The van der Waals surface area contributed by atoms with Gasteiger partial charge >= 0.3 is 6.03 Å². The molecule has 9 heteroatoms. The molecule has 1 saturated heterocycles. The lowest BCUT2D eigenvalue weighted by molar-refractivity contribution is -0.156. The lowest BCUT2D eigenvalue weighted by atomic mass is 9.81. The van der Waals surface area contributed by atoms with E-state index in [-0.39, 0.29) is 18.4 Å². The Labute approximate surface area is 204 Å². The van der Waals surface area contributed by atoms with E-state index in [0.29, 0.717) is 17.9 Å². The Kier molecular flexibility index (Phi) is 7.05. The highest BCUT2D eigenvalue weighted by molar-refractivity contribution is 6.12. The van der Waals surface area contributed by atoms with Crippen LogP contribution in [-0.2, 0) is 16.0 Å². The fourth-order valence-electron chi connectivity index (χ4n) is 4.35. The average molecular weight is 473 g/mol. The third kappa shape index (κ3) is 4.98. The summed E-state index contributed by atoms with van der Waals surface area (Å²) in [4.78, 5) is 50.5. The first-order valence-electron chi connectivity index (χ1n) is 11.5. The van der Waals surface area contributed by atoms with Gasteiger partial charge in [-0.2, -0.15) is 0 Å². The third-order valence-corrected chi connectivity index (χ3v) is 6.28. The number of rotatable bonds is 7. The number of carbonyl (C=O) groups excluding carboxylic acids is 3. The van der Waals surface area contributed by atoms with Crippen LogP contribution in [0.1, 0.15) is 30.5 Å². The molecule has 0 saturated carbocycles. The molecule has 0 spiro atoms. The number of nitrogens with zero attached hydrogens (tertiary/aromatic N) is 4. The van der Waals surface area contributed by atoms with Crippen molar-refractivity contribution in [2.75, 3.05) is 17.7 Å². The second-order valence-electron chi connectivity index (χ2n) is 8.48. The van der Waals surface area contributed by atoms with E-state index in [4.69, 9.17) is 5.73 Å². The van der Waals surface area contributed by atoms with E-state index < -0.39 is 23.9 Å². The summed E-state index contributed by atoms with van der Waals surface area (Å²) >= 11 is 0. The first-order chi connectivity index (χ1) is 16.9. The summed E-state index contributed by atoms with van der Waals surface area (Å²) in [6, 6.07) is 14.5. The maximum atomic E-state index is 13.6. The summed E-state index contributed by atoms with van der Waals surface area (Å²) in [5, 5.41) is 2.93. The molecule has 1 fully saturated rings. The van der Waals surface area contributed by atoms with E-state index in [9.17, 15) is 14.4 Å². The monoisotopic (exact) mass is 472 g/mol. The number of aromatic nitrogens is 2. The summed E-state index contributed by atoms with van der Waals surface area (Å²) in [6.07, 6.45) is 5.62. The molecule has 4 rings (SSSR count). The van der Waals surface area contributed by atoms with Crippen molar-refractivity contribution in [3.63, 3.8) is 0 Å². The molecule has 0 radical (unpaired) electrons. The van der Waals surface area contributed by atoms with Gasteiger partial charge in [0.15, 0.2) is 0 Å². The van der Waals surface area contributed by atoms with E-state index >= 15 is 0 Å². The molecule has 0 bridgehead atoms. The molecule has 3 atom stereocenters. The van der Waals surface area contributed by atoms with Gasteiger partial charge < -0.3 is 16.0 Å². The second-order valence-corrected chi connectivity index (χ2v) is 8.48. The maximum Gasteiger partial charge on any atom is 0.325 e. The molecule has 3 heterocycles. The first kappa shape index (κ1) is 23.9. The number of nitrogens with one attached hydrogen (secondary N) is 1. The lowest BCUT2D eigenvalue weighted by Gasteiger charge is -2.46. The minimum absolute atomic E-state index is 0.270. The van der Waals surface area contributed by atoms with Gasteiger partial charge in [0.05, 0.1) is 12.0 Å². The summed E-state index contributed by atoms with van der Waals surface area (Å²) in [6.45, 7) is 1.95. The van der Waals surface area contributed by atoms with E-state index in [1.165, 1.54) is 4.90 Å². The predicted molar refractivity (Wildman–Crippen MR) is 132 cm³/mol. The number of pyridine rings is 2. The minimum atomic E-state index is -0.955. The fourth-order valence-corrected chi connectivity index (χ4v) is 4.35. The van der Waals surface area contributed by atoms with Gasteiger partial charge in [-0.15, -0.1) is 0 Å². The number of amides is 4. The zero-order valence-corrected chi connectivity index (χ0v) is 19.7. The maximum absolute atomic E-state index is 13.6. The fraction of sp³-hybridized carbons (Fsp3) is 0.269. The molecule has 2 aromatic heterocycles. The minimum Gasteiger partial charge on any atom is -0.384 e. The van der Waals surface area contributed by atoms with Crippen molar-refractivity contribution in [1.29, 1.82) is 0 Å². The summed E-state index contributed by atoms with van der Waals surface area (Å²) in [5.41, 5.74) is 8.12. The Morgan fingerprint density at radius 3 is 2.49 bits per heavy atom. The largest absolute Gasteiger partial charge is 0.384 e. The van der Waals surface area contributed by atoms with E-state index in [1.807, 2.05) is 37.3 Å². The van der Waals surface area contributed by atoms with Crippen LogP contribution in [0.5, 0.6) is 0 Å². The highest BCUT2D eigenvalue weighted by Crippen LogP contribution is 2.33. The Hall–Kier alpha value is -4.27. The molecule has 3 N–H and O–H groups in total. The standard InChI is InChI=1S/C26H28N6O3/c1-3-21(18-7-5-4-6-8-18)30-26(35)32-23(25(34)31(2)19-10-12-28-13-11-19)20(24(32)33)15-17-9-14-29-22(27)16-17/h4-14,16,20-21,23H,3,15H2,1-2H3,(H2,27,29)(H,30,35)/t20-,21?,23?/m1/s1. The summed E-state index contributed by atoms with van der Waals surface area (Å²) < 4.78 is 0. The van der Waals surface area contributed by atoms with Crippen LogP contribution in [0.4, 0.5) is 16.3 Å². The number of benzene rings is 1. The zero-order valence-electron chi connectivity index (χ0n) is 19.7. The number of nitrogen functional groups attached to an aromatic ring is 1. The van der Waals surface area contributed by atoms with Crippen molar-refractivity contribution in [1.82, 2.24) is 20.2 Å². The Bertz CT molecular complexity index is 1200. The third-order valence-electron chi connectivity index (χ3n) is 6.28. The topological polar surface area (TPSA) is 122 Å². The quantitative estimate of drug-likeness (QED) is 0.510. The van der Waals surface area contributed by atoms with Gasteiger partial charge in [-0.25, -0.2) is 9.78 Å². The van der Waals surface area contributed by atoms with Crippen molar-refractivity contribution in [3.05, 3.63) is 84.3 Å². The number of likely N-dealkylation sites (tertiary alicyclic amines) is 1. The van der Waals surface area contributed by atoms with Crippen LogP contribution in [0.3, 0.4) is 0 Å². The van der Waals surface area contributed by atoms with Gasteiger partial charge in [0.1, 0.15) is 11.9 Å². The SMILES string of the molecule is CCC(NC(=O)N1C(=O)[C@H](Cc2ccnc(N)c2)C1C(=O)N(C)c1ccncc1)c1ccccc1. The van der Waals surface area contributed by atoms with E-state index in [2.05, 4.69) is 15.3 Å². The number of carbonyl (C=O) groups is 3. The summed E-state index contributed by atoms with van der Waals surface area (Å²) in [7, 11) is 1.62. The predicted octanol–water partition coefficient (Wildman–Crippen LogP) is 2.95. The van der Waals surface area contributed by atoms with Crippen LogP contribution in [0.15, 0.2) is 73.2 Å². The molecule has 0 aliphatic carbocycles. The van der Waals surface area contributed by atoms with Crippen molar-refractivity contribution in [2.24, 2.45) is 5.92 Å². The highest BCUT2D eigenvalue weighted by atomic mass is 16.2. The second kappa shape index (κ2) is 10.3. The number of likely N-dealkylation sites (N-methyl/N-ethyl adjacent to an activating group) is 1. The molecule has 35 heavy (non-hydrogen) atoms. The summed E-state index contributed by atoms with van der Waals surface area (Å²) in [5.74, 6) is -1.13. The van der Waals surface area contributed by atoms with Crippen molar-refractivity contribution in [2.45, 2.75) is 31.8 Å². The van der Waals surface area contributed by atoms with E-state index in [1.54, 1.807) is 49.9 Å². The van der Waals surface area contributed by atoms with Gasteiger partial charge in [-0.3, -0.25) is 19.5 Å². The molecule has 9 nitrogen and oxygen atoms in total. The molecule has 1 aromatic carbocycles.